The molecule has 0 aromatic heterocycles. The lowest BCUT2D eigenvalue weighted by molar-refractivity contribution is 0.609. The molecule has 0 unspecified atom stereocenters. The Labute approximate surface area is 71.0 Å². The maximum absolute atomic E-state index is 12.9. The van der Waals surface area contributed by atoms with Crippen molar-refractivity contribution in [2.45, 2.75) is 12.8 Å². The molecule has 0 aliphatic rings. The number of hydrogen-bond donors (Lipinski definition) is 0. The highest BCUT2D eigenvalue weighted by Crippen LogP contribution is 2.15. The number of hydrogen-bond acceptors (Lipinski definition) is 0. The Morgan fingerprint density at radius 1 is 1.45 bits per heavy atom. The zero-order valence-corrected chi connectivity index (χ0v) is 6.87. The van der Waals surface area contributed by atoms with Gasteiger partial charge in [-0.25, -0.2) is 4.39 Å². The summed E-state index contributed by atoms with van der Waals surface area (Å²) >= 11 is 5.56. The minimum Gasteiger partial charge on any atom is -0.207 e. The highest BCUT2D eigenvalue weighted by Gasteiger charge is 2.00. The Morgan fingerprint density at radius 3 is 2.73 bits per heavy atom. The summed E-state index contributed by atoms with van der Waals surface area (Å²) in [4.78, 5) is 0. The van der Waals surface area contributed by atoms with E-state index in [-0.39, 0.29) is 5.82 Å². The van der Waals surface area contributed by atoms with Crippen LogP contribution in [0.2, 0.25) is 5.02 Å². The molecule has 0 amide bonds. The van der Waals surface area contributed by atoms with E-state index >= 15 is 0 Å². The van der Waals surface area contributed by atoms with Gasteiger partial charge in [0.25, 0.3) is 0 Å². The average molecular weight is 172 g/mol. The molecular formula is C9H9ClF. The summed E-state index contributed by atoms with van der Waals surface area (Å²) in [6.07, 6.45) is 1.38. The first kappa shape index (κ1) is 8.54. The summed E-state index contributed by atoms with van der Waals surface area (Å²) in [5.74, 6) is -0.235. The number of halogens is 2. The standard InChI is InChI=1S/C9H9ClF/c1-2-3-7-4-5-8(10)6-9(7)11/h4-6H,1-3H2. The Morgan fingerprint density at radius 2 is 2.18 bits per heavy atom. The van der Waals surface area contributed by atoms with Gasteiger partial charge in [0.1, 0.15) is 5.82 Å². The van der Waals surface area contributed by atoms with Crippen LogP contribution in [-0.4, -0.2) is 0 Å². The number of benzene rings is 1. The van der Waals surface area contributed by atoms with E-state index in [0.29, 0.717) is 23.4 Å². The average Bonchev–Trinajstić information content (AvgIpc) is 1.95. The second kappa shape index (κ2) is 3.72. The van der Waals surface area contributed by atoms with Crippen molar-refractivity contribution in [3.63, 3.8) is 0 Å². The molecule has 0 fully saturated rings. The van der Waals surface area contributed by atoms with E-state index in [1.807, 2.05) is 0 Å². The van der Waals surface area contributed by atoms with Crippen LogP contribution in [0, 0.1) is 12.7 Å². The van der Waals surface area contributed by atoms with Gasteiger partial charge < -0.3 is 0 Å². The lowest BCUT2D eigenvalue weighted by atomic mass is 10.1. The van der Waals surface area contributed by atoms with Crippen LogP contribution in [0.5, 0.6) is 0 Å². The molecule has 0 saturated carbocycles. The van der Waals surface area contributed by atoms with E-state index in [9.17, 15) is 4.39 Å². The van der Waals surface area contributed by atoms with Crippen molar-refractivity contribution in [1.82, 2.24) is 0 Å². The number of rotatable bonds is 2. The van der Waals surface area contributed by atoms with Gasteiger partial charge in [-0.1, -0.05) is 24.6 Å². The zero-order valence-electron chi connectivity index (χ0n) is 6.11. The van der Waals surface area contributed by atoms with Gasteiger partial charge in [0.05, 0.1) is 0 Å². The lowest BCUT2D eigenvalue weighted by Gasteiger charge is -1.99. The van der Waals surface area contributed by atoms with E-state index < -0.39 is 0 Å². The summed E-state index contributed by atoms with van der Waals surface area (Å²) in [7, 11) is 0. The summed E-state index contributed by atoms with van der Waals surface area (Å²) in [5, 5.41) is 0.440. The molecule has 59 valence electrons. The van der Waals surface area contributed by atoms with E-state index in [2.05, 4.69) is 6.92 Å². The first-order valence-electron chi connectivity index (χ1n) is 3.47. The highest BCUT2D eigenvalue weighted by molar-refractivity contribution is 6.30. The van der Waals surface area contributed by atoms with Crippen molar-refractivity contribution in [2.75, 3.05) is 0 Å². The molecule has 0 aliphatic carbocycles. The van der Waals surface area contributed by atoms with Crippen molar-refractivity contribution in [3.8, 4) is 0 Å². The third-order valence-electron chi connectivity index (χ3n) is 1.46. The third kappa shape index (κ3) is 2.19. The normalized spacial score (nSPS) is 10.1. The Hall–Kier alpha value is -0.560. The van der Waals surface area contributed by atoms with Gasteiger partial charge in [0.2, 0.25) is 0 Å². The minimum absolute atomic E-state index is 0.235. The van der Waals surface area contributed by atoms with Crippen molar-refractivity contribution >= 4 is 11.6 Å². The van der Waals surface area contributed by atoms with Gasteiger partial charge in [-0.2, -0.15) is 0 Å². The molecule has 1 rings (SSSR count). The molecule has 1 radical (unpaired) electrons. The zero-order chi connectivity index (χ0) is 8.27. The van der Waals surface area contributed by atoms with E-state index in [4.69, 9.17) is 11.6 Å². The molecular weight excluding hydrogens is 163 g/mol. The van der Waals surface area contributed by atoms with Crippen molar-refractivity contribution in [1.29, 1.82) is 0 Å². The third-order valence-corrected chi connectivity index (χ3v) is 1.70. The van der Waals surface area contributed by atoms with Gasteiger partial charge in [-0.05, 0) is 30.5 Å². The quantitative estimate of drug-likeness (QED) is 0.641. The summed E-state index contributed by atoms with van der Waals surface area (Å²) in [5.41, 5.74) is 0.685. The van der Waals surface area contributed by atoms with Crippen LogP contribution in [0.3, 0.4) is 0 Å². The molecule has 0 bridgehead atoms. The van der Waals surface area contributed by atoms with E-state index in [0.717, 1.165) is 0 Å². The summed E-state index contributed by atoms with van der Waals surface area (Å²) in [6, 6.07) is 4.71. The van der Waals surface area contributed by atoms with E-state index in [1.165, 1.54) is 6.07 Å². The molecule has 0 saturated heterocycles. The van der Waals surface area contributed by atoms with Gasteiger partial charge in [-0.15, -0.1) is 0 Å². The van der Waals surface area contributed by atoms with Crippen LogP contribution in [-0.2, 0) is 6.42 Å². The highest BCUT2D eigenvalue weighted by atomic mass is 35.5. The largest absolute Gasteiger partial charge is 0.207 e. The topological polar surface area (TPSA) is 0 Å². The first-order chi connectivity index (χ1) is 5.24. The molecule has 0 spiro atoms. The van der Waals surface area contributed by atoms with Gasteiger partial charge in [0.15, 0.2) is 0 Å². The molecule has 2 heteroatoms. The fourth-order valence-electron chi connectivity index (χ4n) is 0.915. The van der Waals surface area contributed by atoms with Gasteiger partial charge in [-0.3, -0.25) is 0 Å². The molecule has 0 atom stereocenters. The molecule has 0 N–H and O–H groups in total. The van der Waals surface area contributed by atoms with E-state index in [1.54, 1.807) is 12.1 Å². The molecule has 11 heavy (non-hydrogen) atoms. The molecule has 1 aromatic rings. The van der Waals surface area contributed by atoms with Gasteiger partial charge in [0, 0.05) is 5.02 Å². The van der Waals surface area contributed by atoms with Crippen LogP contribution in [0.15, 0.2) is 18.2 Å². The minimum atomic E-state index is -0.235. The second-order valence-corrected chi connectivity index (χ2v) is 2.78. The van der Waals surface area contributed by atoms with Crippen LogP contribution in [0.1, 0.15) is 12.0 Å². The number of aryl methyl sites for hydroxylation is 1. The molecule has 1 aromatic carbocycles. The first-order valence-corrected chi connectivity index (χ1v) is 3.85. The predicted octanol–water partition coefficient (Wildman–Crippen LogP) is 3.25. The Bertz CT molecular complexity index is 245. The SMILES string of the molecule is [CH2]CCc1ccc(Cl)cc1F. The van der Waals surface area contributed by atoms with Crippen molar-refractivity contribution < 1.29 is 4.39 Å². The molecule has 0 aliphatic heterocycles. The molecule has 0 heterocycles. The molecule has 0 nitrogen and oxygen atoms in total. The maximum atomic E-state index is 12.9. The van der Waals surface area contributed by atoms with Gasteiger partial charge >= 0.3 is 0 Å². The van der Waals surface area contributed by atoms with Crippen LogP contribution < -0.4 is 0 Å². The van der Waals surface area contributed by atoms with Crippen molar-refractivity contribution in [2.24, 2.45) is 0 Å². The Balaban J connectivity index is 2.90. The Kier molecular flexibility index (Phi) is 2.89. The summed E-state index contributed by atoms with van der Waals surface area (Å²) in [6.45, 7) is 3.64. The predicted molar refractivity (Wildman–Crippen MR) is 45.1 cm³/mol. The van der Waals surface area contributed by atoms with Crippen molar-refractivity contribution in [3.05, 3.63) is 41.5 Å². The lowest BCUT2D eigenvalue weighted by Crippen LogP contribution is -1.88. The van der Waals surface area contributed by atoms with Crippen LogP contribution >= 0.6 is 11.6 Å². The van der Waals surface area contributed by atoms with Crippen LogP contribution in [0.4, 0.5) is 4.39 Å². The smallest absolute Gasteiger partial charge is 0.127 e. The maximum Gasteiger partial charge on any atom is 0.127 e. The fourth-order valence-corrected chi connectivity index (χ4v) is 1.07. The monoisotopic (exact) mass is 171 g/mol. The summed E-state index contributed by atoms with van der Waals surface area (Å²) < 4.78 is 12.9. The fraction of sp³-hybridized carbons (Fsp3) is 0.222. The van der Waals surface area contributed by atoms with Crippen LogP contribution in [0.25, 0.3) is 0 Å². The second-order valence-electron chi connectivity index (χ2n) is 2.34.